The van der Waals surface area contributed by atoms with Crippen molar-refractivity contribution < 1.29 is 18.7 Å². The Bertz CT molecular complexity index is 879. The van der Waals surface area contributed by atoms with E-state index in [1.54, 1.807) is 30.5 Å². The third-order valence-electron chi connectivity index (χ3n) is 3.38. The lowest BCUT2D eigenvalue weighted by Gasteiger charge is -2.09. The van der Waals surface area contributed by atoms with Crippen molar-refractivity contribution in [1.29, 1.82) is 0 Å². The van der Waals surface area contributed by atoms with Crippen LogP contribution in [0.4, 0.5) is 8.78 Å². The Morgan fingerprint density at radius 2 is 1.74 bits per heavy atom. The van der Waals surface area contributed by atoms with Crippen LogP contribution in [0.5, 0.6) is 0 Å². The average Bonchev–Trinajstić information content (AvgIpc) is 2.55. The molecule has 0 spiro atoms. The number of carbonyl (C=O) groups is 1. The van der Waals surface area contributed by atoms with Gasteiger partial charge in [0, 0.05) is 23.4 Å². The van der Waals surface area contributed by atoms with Crippen molar-refractivity contribution >= 4 is 5.97 Å². The third kappa shape index (κ3) is 3.08. The Hall–Kier alpha value is -3.08. The van der Waals surface area contributed by atoms with Gasteiger partial charge in [-0.15, -0.1) is 0 Å². The van der Waals surface area contributed by atoms with E-state index in [0.29, 0.717) is 16.8 Å². The van der Waals surface area contributed by atoms with E-state index in [0.717, 1.165) is 12.1 Å². The van der Waals surface area contributed by atoms with Gasteiger partial charge in [0.25, 0.3) is 0 Å². The molecule has 3 rings (SSSR count). The highest BCUT2D eigenvalue weighted by Gasteiger charge is 2.13. The molecule has 0 unspecified atom stereocenters. The number of benzene rings is 2. The van der Waals surface area contributed by atoms with Crippen molar-refractivity contribution in [2.75, 3.05) is 0 Å². The van der Waals surface area contributed by atoms with Gasteiger partial charge in [0.1, 0.15) is 11.6 Å². The molecule has 2 aromatic carbocycles. The second kappa shape index (κ2) is 5.96. The lowest BCUT2D eigenvalue weighted by molar-refractivity contribution is 0.0697. The minimum atomic E-state index is -1.13. The summed E-state index contributed by atoms with van der Waals surface area (Å²) in [5.41, 5.74) is 1.60. The fraction of sp³-hybridized carbons (Fsp3) is 0. The Kier molecular flexibility index (Phi) is 3.85. The lowest BCUT2D eigenvalue weighted by Crippen LogP contribution is -1.98. The Balaban J connectivity index is 2.21. The third-order valence-corrected chi connectivity index (χ3v) is 3.38. The van der Waals surface area contributed by atoms with Crippen LogP contribution in [-0.4, -0.2) is 16.1 Å². The van der Waals surface area contributed by atoms with Crippen LogP contribution >= 0.6 is 0 Å². The van der Waals surface area contributed by atoms with E-state index >= 15 is 0 Å². The van der Waals surface area contributed by atoms with Crippen LogP contribution in [0.2, 0.25) is 0 Å². The smallest absolute Gasteiger partial charge is 0.335 e. The summed E-state index contributed by atoms with van der Waals surface area (Å²) >= 11 is 0. The summed E-state index contributed by atoms with van der Waals surface area (Å²) in [5.74, 6) is -2.57. The molecule has 0 atom stereocenters. The van der Waals surface area contributed by atoms with E-state index in [-0.39, 0.29) is 11.1 Å². The van der Waals surface area contributed by atoms with Crippen molar-refractivity contribution in [3.05, 3.63) is 78.0 Å². The molecule has 0 saturated carbocycles. The summed E-state index contributed by atoms with van der Waals surface area (Å²) in [6.45, 7) is 0. The second-order valence-corrected chi connectivity index (χ2v) is 4.94. The van der Waals surface area contributed by atoms with Crippen molar-refractivity contribution in [2.24, 2.45) is 0 Å². The van der Waals surface area contributed by atoms with E-state index in [2.05, 4.69) is 4.98 Å². The Morgan fingerprint density at radius 1 is 0.957 bits per heavy atom. The molecule has 1 N–H and O–H groups in total. The van der Waals surface area contributed by atoms with Gasteiger partial charge < -0.3 is 5.11 Å². The monoisotopic (exact) mass is 311 g/mol. The van der Waals surface area contributed by atoms with Crippen LogP contribution in [-0.2, 0) is 0 Å². The maximum atomic E-state index is 14.0. The molecular weight excluding hydrogens is 300 g/mol. The van der Waals surface area contributed by atoms with Gasteiger partial charge in [-0.3, -0.25) is 4.98 Å². The van der Waals surface area contributed by atoms with Gasteiger partial charge in [-0.25, -0.2) is 13.6 Å². The van der Waals surface area contributed by atoms with E-state index in [4.69, 9.17) is 0 Å². The highest BCUT2D eigenvalue weighted by atomic mass is 19.1. The van der Waals surface area contributed by atoms with Gasteiger partial charge in [0.15, 0.2) is 0 Å². The maximum absolute atomic E-state index is 14.0. The first-order chi connectivity index (χ1) is 11.0. The van der Waals surface area contributed by atoms with Crippen LogP contribution in [0.3, 0.4) is 0 Å². The Labute approximate surface area is 130 Å². The van der Waals surface area contributed by atoms with Gasteiger partial charge in [0.05, 0.1) is 11.3 Å². The van der Waals surface area contributed by atoms with Crippen molar-refractivity contribution in [3.63, 3.8) is 0 Å². The topological polar surface area (TPSA) is 50.2 Å². The molecular formula is C18H11F2NO2. The molecule has 0 aliphatic rings. The summed E-state index contributed by atoms with van der Waals surface area (Å²) in [7, 11) is 0. The van der Waals surface area contributed by atoms with Crippen molar-refractivity contribution in [1.82, 2.24) is 4.98 Å². The highest BCUT2D eigenvalue weighted by Crippen LogP contribution is 2.29. The maximum Gasteiger partial charge on any atom is 0.335 e. The molecule has 0 radical (unpaired) electrons. The number of aromatic nitrogens is 1. The van der Waals surface area contributed by atoms with E-state index in [1.807, 2.05) is 0 Å². The van der Waals surface area contributed by atoms with Gasteiger partial charge in [-0.1, -0.05) is 6.07 Å². The van der Waals surface area contributed by atoms with E-state index in [1.165, 1.54) is 18.2 Å². The molecule has 3 aromatic rings. The SMILES string of the molecule is O=C(O)c1cc(-c2ccccn2)cc(-c2ccc(F)cc2F)c1. The quantitative estimate of drug-likeness (QED) is 0.780. The standard InChI is InChI=1S/C18H11F2NO2/c19-14-4-5-15(16(20)10-14)11-7-12(9-13(8-11)18(22)23)17-3-1-2-6-21-17/h1-10H,(H,22,23). The second-order valence-electron chi connectivity index (χ2n) is 4.94. The lowest BCUT2D eigenvalue weighted by atomic mass is 9.97. The zero-order valence-electron chi connectivity index (χ0n) is 11.8. The van der Waals surface area contributed by atoms with Crippen LogP contribution < -0.4 is 0 Å². The molecule has 0 saturated heterocycles. The summed E-state index contributed by atoms with van der Waals surface area (Å²) in [6, 6.07) is 12.9. The number of nitrogens with zero attached hydrogens (tertiary/aromatic N) is 1. The summed E-state index contributed by atoms with van der Waals surface area (Å²) in [6.07, 6.45) is 1.58. The van der Waals surface area contributed by atoms with Crippen molar-refractivity contribution in [3.8, 4) is 22.4 Å². The summed E-state index contributed by atoms with van der Waals surface area (Å²) in [5, 5.41) is 9.27. The first-order valence-electron chi connectivity index (χ1n) is 6.80. The number of rotatable bonds is 3. The van der Waals surface area contributed by atoms with Gasteiger partial charge in [0.2, 0.25) is 0 Å². The minimum absolute atomic E-state index is 0.00637. The molecule has 0 fully saturated rings. The summed E-state index contributed by atoms with van der Waals surface area (Å²) < 4.78 is 27.1. The molecule has 0 aliphatic carbocycles. The van der Waals surface area contributed by atoms with Crippen LogP contribution in [0.25, 0.3) is 22.4 Å². The highest BCUT2D eigenvalue weighted by molar-refractivity contribution is 5.91. The largest absolute Gasteiger partial charge is 0.478 e. The fourth-order valence-electron chi connectivity index (χ4n) is 2.31. The van der Waals surface area contributed by atoms with Crippen LogP contribution in [0.1, 0.15) is 10.4 Å². The molecule has 3 nitrogen and oxygen atoms in total. The molecule has 0 bridgehead atoms. The number of aromatic carboxylic acids is 1. The van der Waals surface area contributed by atoms with Crippen molar-refractivity contribution in [2.45, 2.75) is 0 Å². The Morgan fingerprint density at radius 3 is 2.39 bits per heavy atom. The van der Waals surface area contributed by atoms with Gasteiger partial charge in [-0.05, 0) is 48.0 Å². The number of hydrogen-bond acceptors (Lipinski definition) is 2. The molecule has 5 heteroatoms. The molecule has 23 heavy (non-hydrogen) atoms. The zero-order valence-corrected chi connectivity index (χ0v) is 11.8. The van der Waals surface area contributed by atoms with Crippen LogP contribution in [0.15, 0.2) is 60.8 Å². The number of carboxylic acids is 1. The number of carboxylic acid groups (broad SMARTS) is 1. The van der Waals surface area contributed by atoms with Gasteiger partial charge in [-0.2, -0.15) is 0 Å². The first-order valence-corrected chi connectivity index (χ1v) is 6.80. The summed E-state index contributed by atoms with van der Waals surface area (Å²) in [4.78, 5) is 15.5. The molecule has 1 heterocycles. The number of pyridine rings is 1. The molecule has 0 amide bonds. The molecule has 114 valence electrons. The van der Waals surface area contributed by atoms with Crippen LogP contribution in [0, 0.1) is 11.6 Å². The predicted octanol–water partition coefficient (Wildman–Crippen LogP) is 4.39. The fourth-order valence-corrected chi connectivity index (χ4v) is 2.31. The van der Waals surface area contributed by atoms with Gasteiger partial charge >= 0.3 is 5.97 Å². The first kappa shape index (κ1) is 14.8. The number of hydrogen-bond donors (Lipinski definition) is 1. The predicted molar refractivity (Wildman–Crippen MR) is 82.0 cm³/mol. The number of halogens is 2. The molecule has 1 aromatic heterocycles. The minimum Gasteiger partial charge on any atom is -0.478 e. The zero-order chi connectivity index (χ0) is 16.4. The van der Waals surface area contributed by atoms with E-state index in [9.17, 15) is 18.7 Å². The normalized spacial score (nSPS) is 10.5. The molecule has 0 aliphatic heterocycles. The average molecular weight is 311 g/mol. The van der Waals surface area contributed by atoms with E-state index < -0.39 is 17.6 Å².